The van der Waals surface area contributed by atoms with Crippen LogP contribution < -0.4 is 0 Å². The fourth-order valence-corrected chi connectivity index (χ4v) is 5.40. The molecule has 8 heteroatoms. The van der Waals surface area contributed by atoms with Gasteiger partial charge in [0.1, 0.15) is 9.79 Å². The lowest BCUT2D eigenvalue weighted by Gasteiger charge is -2.33. The summed E-state index contributed by atoms with van der Waals surface area (Å²) < 4.78 is 49.9. The molecule has 0 atom stereocenters. The molecule has 0 saturated carbocycles. The van der Waals surface area contributed by atoms with Crippen molar-refractivity contribution in [1.29, 1.82) is 0 Å². The zero-order valence-corrected chi connectivity index (χ0v) is 14.5. The molecule has 0 heterocycles. The molecule has 0 unspecified atom stereocenters. The second kappa shape index (κ2) is 6.08. The van der Waals surface area contributed by atoms with E-state index in [9.17, 15) is 16.8 Å². The average molecular weight is 352 g/mol. The third-order valence-corrected chi connectivity index (χ3v) is 6.42. The summed E-state index contributed by atoms with van der Waals surface area (Å²) in [7, 11) is -2.87. The number of hydrogen-bond acceptors (Lipinski definition) is 4. The van der Waals surface area contributed by atoms with Gasteiger partial charge in [-0.3, -0.25) is 0 Å². The predicted molar refractivity (Wildman–Crippen MR) is 83.3 cm³/mol. The molecule has 0 saturated heterocycles. The first-order valence-electron chi connectivity index (χ1n) is 6.10. The SMILES string of the molecule is C=CCN(C(C)(C)C)S(=O)(=O)c1ccccc1S(=O)(=O)Cl. The van der Waals surface area contributed by atoms with Gasteiger partial charge in [-0.2, -0.15) is 4.31 Å². The van der Waals surface area contributed by atoms with Crippen molar-refractivity contribution in [3.8, 4) is 0 Å². The molecule has 118 valence electrons. The Bertz CT molecular complexity index is 734. The Labute approximate surface area is 130 Å². The predicted octanol–water partition coefficient (Wildman–Crippen LogP) is 2.59. The molecule has 1 rings (SSSR count). The van der Waals surface area contributed by atoms with Crippen LogP contribution in [0.3, 0.4) is 0 Å². The van der Waals surface area contributed by atoms with Crippen molar-refractivity contribution in [2.45, 2.75) is 36.1 Å². The number of rotatable bonds is 5. The van der Waals surface area contributed by atoms with Crippen LogP contribution in [-0.2, 0) is 19.1 Å². The van der Waals surface area contributed by atoms with Gasteiger partial charge in [-0.05, 0) is 32.9 Å². The van der Waals surface area contributed by atoms with Crippen molar-refractivity contribution in [2.24, 2.45) is 0 Å². The van der Waals surface area contributed by atoms with Crippen molar-refractivity contribution < 1.29 is 16.8 Å². The zero-order valence-electron chi connectivity index (χ0n) is 12.1. The molecule has 1 aromatic carbocycles. The average Bonchev–Trinajstić information content (AvgIpc) is 2.33. The van der Waals surface area contributed by atoms with Crippen LogP contribution in [0, 0.1) is 0 Å². The highest BCUT2D eigenvalue weighted by atomic mass is 35.7. The van der Waals surface area contributed by atoms with E-state index in [4.69, 9.17) is 10.7 Å². The van der Waals surface area contributed by atoms with Crippen LogP contribution in [-0.4, -0.2) is 33.2 Å². The number of halogens is 1. The van der Waals surface area contributed by atoms with Gasteiger partial charge in [0.2, 0.25) is 10.0 Å². The molecule has 5 nitrogen and oxygen atoms in total. The Balaban J connectivity index is 3.62. The van der Waals surface area contributed by atoms with E-state index in [0.29, 0.717) is 0 Å². The molecule has 1 aromatic rings. The lowest BCUT2D eigenvalue weighted by atomic mass is 10.1. The van der Waals surface area contributed by atoms with Crippen LogP contribution in [0.2, 0.25) is 0 Å². The molecule has 0 bridgehead atoms. The molecule has 0 aliphatic rings. The Hall–Kier alpha value is -0.890. The third-order valence-electron chi connectivity index (χ3n) is 2.72. The van der Waals surface area contributed by atoms with Crippen LogP contribution in [0.4, 0.5) is 0 Å². The van der Waals surface area contributed by atoms with Crippen molar-refractivity contribution in [1.82, 2.24) is 4.31 Å². The fraction of sp³-hybridized carbons (Fsp3) is 0.385. The summed E-state index contributed by atoms with van der Waals surface area (Å²) in [5.41, 5.74) is -0.740. The summed E-state index contributed by atoms with van der Waals surface area (Å²) in [5.74, 6) is 0. The highest BCUT2D eigenvalue weighted by Crippen LogP contribution is 2.30. The first-order chi connectivity index (χ1) is 9.42. The molecule has 0 amide bonds. The molecule has 21 heavy (non-hydrogen) atoms. The lowest BCUT2D eigenvalue weighted by Crippen LogP contribution is -2.45. The fourth-order valence-electron chi connectivity index (χ4n) is 1.83. The first-order valence-corrected chi connectivity index (χ1v) is 9.84. The van der Waals surface area contributed by atoms with Gasteiger partial charge in [0.25, 0.3) is 9.05 Å². The maximum atomic E-state index is 12.8. The zero-order chi connectivity index (χ0) is 16.5. The molecular weight excluding hydrogens is 334 g/mol. The molecule has 0 radical (unpaired) electrons. The van der Waals surface area contributed by atoms with Crippen LogP contribution in [0.5, 0.6) is 0 Å². The summed E-state index contributed by atoms with van der Waals surface area (Å²) in [6.07, 6.45) is 1.45. The number of nitrogens with zero attached hydrogens (tertiary/aromatic N) is 1. The van der Waals surface area contributed by atoms with E-state index in [1.807, 2.05) is 0 Å². The van der Waals surface area contributed by atoms with Crippen LogP contribution in [0.25, 0.3) is 0 Å². The van der Waals surface area contributed by atoms with Gasteiger partial charge in [-0.15, -0.1) is 6.58 Å². The van der Waals surface area contributed by atoms with Gasteiger partial charge in [-0.25, -0.2) is 16.8 Å². The summed E-state index contributed by atoms with van der Waals surface area (Å²) in [5, 5.41) is 0. The maximum absolute atomic E-state index is 12.8. The lowest BCUT2D eigenvalue weighted by molar-refractivity contribution is 0.269. The van der Waals surface area contributed by atoms with E-state index in [1.165, 1.54) is 34.6 Å². The minimum atomic E-state index is -4.17. The third kappa shape index (κ3) is 4.06. The highest BCUT2D eigenvalue weighted by Gasteiger charge is 2.36. The quantitative estimate of drug-likeness (QED) is 0.603. The van der Waals surface area contributed by atoms with Gasteiger partial charge in [0, 0.05) is 22.8 Å². The van der Waals surface area contributed by atoms with Crippen LogP contribution in [0.1, 0.15) is 20.8 Å². The van der Waals surface area contributed by atoms with Gasteiger partial charge in [0.15, 0.2) is 0 Å². The summed E-state index contributed by atoms with van der Waals surface area (Å²) in [4.78, 5) is -0.762. The minimum Gasteiger partial charge on any atom is -0.207 e. The van der Waals surface area contributed by atoms with E-state index in [1.54, 1.807) is 20.8 Å². The number of benzene rings is 1. The molecule has 0 aromatic heterocycles. The van der Waals surface area contributed by atoms with Crippen molar-refractivity contribution in [3.05, 3.63) is 36.9 Å². The van der Waals surface area contributed by atoms with E-state index in [2.05, 4.69) is 6.58 Å². The molecule has 0 aliphatic carbocycles. The maximum Gasteiger partial charge on any atom is 0.262 e. The highest BCUT2D eigenvalue weighted by molar-refractivity contribution is 8.14. The smallest absolute Gasteiger partial charge is 0.207 e. The molecule has 0 N–H and O–H groups in total. The summed E-state index contributed by atoms with van der Waals surface area (Å²) in [6.45, 7) is 8.74. The second-order valence-electron chi connectivity index (χ2n) is 5.38. The van der Waals surface area contributed by atoms with Crippen molar-refractivity contribution >= 4 is 29.8 Å². The van der Waals surface area contributed by atoms with E-state index in [0.717, 1.165) is 0 Å². The Kier molecular flexibility index (Phi) is 5.26. The number of hydrogen-bond donors (Lipinski definition) is 0. The van der Waals surface area contributed by atoms with Gasteiger partial charge < -0.3 is 0 Å². The Morgan fingerprint density at radius 1 is 1.14 bits per heavy atom. The Morgan fingerprint density at radius 3 is 2.00 bits per heavy atom. The minimum absolute atomic E-state index is 0.0580. The van der Waals surface area contributed by atoms with Crippen LogP contribution >= 0.6 is 10.7 Å². The van der Waals surface area contributed by atoms with E-state index < -0.39 is 29.5 Å². The van der Waals surface area contributed by atoms with Crippen molar-refractivity contribution in [2.75, 3.05) is 6.54 Å². The normalized spacial score (nSPS) is 13.4. The molecular formula is C13H18ClNO4S2. The monoisotopic (exact) mass is 351 g/mol. The topological polar surface area (TPSA) is 71.5 Å². The standard InChI is InChI=1S/C13H18ClNO4S2/c1-5-10-15(13(2,3)4)21(18,19)12-9-7-6-8-11(12)20(14,16)17/h5-9H,1,10H2,2-4H3. The first kappa shape index (κ1) is 18.2. The molecule has 0 aliphatic heterocycles. The van der Waals surface area contributed by atoms with Gasteiger partial charge in [-0.1, -0.05) is 18.2 Å². The summed E-state index contributed by atoms with van der Waals surface area (Å²) >= 11 is 0. The second-order valence-corrected chi connectivity index (χ2v) is 9.75. The summed E-state index contributed by atoms with van der Waals surface area (Å²) in [6, 6.07) is 5.27. The number of sulfonamides is 1. The van der Waals surface area contributed by atoms with Gasteiger partial charge >= 0.3 is 0 Å². The van der Waals surface area contributed by atoms with E-state index in [-0.39, 0.29) is 11.4 Å². The largest absolute Gasteiger partial charge is 0.262 e. The van der Waals surface area contributed by atoms with E-state index >= 15 is 0 Å². The Morgan fingerprint density at radius 2 is 1.62 bits per heavy atom. The molecule has 0 fully saturated rings. The van der Waals surface area contributed by atoms with Crippen LogP contribution in [0.15, 0.2) is 46.7 Å². The van der Waals surface area contributed by atoms with Gasteiger partial charge in [0.05, 0.1) is 0 Å². The molecule has 0 spiro atoms. The van der Waals surface area contributed by atoms with Crippen molar-refractivity contribution in [3.63, 3.8) is 0 Å².